The third-order valence-electron chi connectivity index (χ3n) is 4.64. The summed E-state index contributed by atoms with van der Waals surface area (Å²) in [7, 11) is 0. The van der Waals surface area contributed by atoms with E-state index >= 15 is 0 Å². The Morgan fingerprint density at radius 3 is 2.38 bits per heavy atom. The monoisotopic (exact) mass is 400 g/mol. The lowest BCUT2D eigenvalue weighted by Gasteiger charge is -2.29. The number of amides is 2. The smallest absolute Gasteiger partial charge is 0.261 e. The highest BCUT2D eigenvalue weighted by Gasteiger charge is 2.27. The molecule has 0 saturated heterocycles. The number of carbonyl (C=O) groups is 2. The van der Waals surface area contributed by atoms with Crippen LogP contribution in [-0.2, 0) is 16.1 Å². The number of ether oxygens (including phenoxy) is 1. The summed E-state index contributed by atoms with van der Waals surface area (Å²) in [6, 6.07) is 12.9. The summed E-state index contributed by atoms with van der Waals surface area (Å²) in [5.41, 5.74) is 1.96. The third kappa shape index (κ3) is 6.59. The summed E-state index contributed by atoms with van der Waals surface area (Å²) in [4.78, 5) is 27.0. The molecule has 0 spiro atoms. The first kappa shape index (κ1) is 22.4. The van der Waals surface area contributed by atoms with Crippen LogP contribution in [-0.4, -0.2) is 35.9 Å². The first-order chi connectivity index (χ1) is 13.8. The number of nitrogens with zero attached hydrogens (tertiary/aromatic N) is 1. The Morgan fingerprint density at radius 1 is 1.07 bits per heavy atom. The molecule has 2 amide bonds. The lowest BCUT2D eigenvalue weighted by Crippen LogP contribution is -2.49. The summed E-state index contributed by atoms with van der Waals surface area (Å²) in [5, 5.41) is 2.87. The molecule has 1 unspecified atom stereocenters. The zero-order valence-corrected chi connectivity index (χ0v) is 17.4. The number of halogens is 1. The van der Waals surface area contributed by atoms with Gasteiger partial charge in [-0.1, -0.05) is 50.2 Å². The standard InChI is InChI=1S/C23H29FN2O3/c1-16(2)13-25-23(28)18(4)26(14-19-10-6-5-9-17(19)3)22(27)15-29-21-12-8-7-11-20(21)24/h5-12,16,18H,13-15H2,1-4H3,(H,25,28). The number of nitrogens with one attached hydrogen (secondary N) is 1. The van der Waals surface area contributed by atoms with Gasteiger partial charge in [0.15, 0.2) is 18.2 Å². The Kier molecular flexibility index (Phi) is 8.19. The van der Waals surface area contributed by atoms with E-state index in [1.165, 1.54) is 17.0 Å². The van der Waals surface area contributed by atoms with Gasteiger partial charge in [-0.2, -0.15) is 0 Å². The van der Waals surface area contributed by atoms with Gasteiger partial charge in [-0.05, 0) is 43.0 Å². The van der Waals surface area contributed by atoms with Crippen molar-refractivity contribution in [1.29, 1.82) is 0 Å². The number of hydrogen-bond acceptors (Lipinski definition) is 3. The van der Waals surface area contributed by atoms with Gasteiger partial charge in [0.25, 0.3) is 5.91 Å². The summed E-state index contributed by atoms with van der Waals surface area (Å²) >= 11 is 0. The van der Waals surface area contributed by atoms with E-state index in [2.05, 4.69) is 5.32 Å². The second-order valence-corrected chi connectivity index (χ2v) is 7.48. The predicted octanol–water partition coefficient (Wildman–Crippen LogP) is 3.70. The molecule has 156 valence electrons. The van der Waals surface area contributed by atoms with E-state index in [0.29, 0.717) is 12.5 Å². The normalized spacial score (nSPS) is 11.8. The van der Waals surface area contributed by atoms with Crippen molar-refractivity contribution in [2.75, 3.05) is 13.2 Å². The highest BCUT2D eigenvalue weighted by Crippen LogP contribution is 2.17. The zero-order chi connectivity index (χ0) is 21.4. The molecule has 0 bridgehead atoms. The van der Waals surface area contributed by atoms with E-state index in [0.717, 1.165) is 11.1 Å². The number of benzene rings is 2. The van der Waals surface area contributed by atoms with Gasteiger partial charge in [-0.3, -0.25) is 9.59 Å². The first-order valence-corrected chi connectivity index (χ1v) is 9.78. The van der Waals surface area contributed by atoms with Gasteiger partial charge >= 0.3 is 0 Å². The maximum atomic E-state index is 13.8. The van der Waals surface area contributed by atoms with Crippen molar-refractivity contribution in [1.82, 2.24) is 10.2 Å². The molecule has 0 aliphatic rings. The van der Waals surface area contributed by atoms with Crippen LogP contribution in [0.4, 0.5) is 4.39 Å². The minimum absolute atomic E-state index is 0.00797. The van der Waals surface area contributed by atoms with Crippen LogP contribution in [0.3, 0.4) is 0 Å². The Bertz CT molecular complexity index is 838. The molecular formula is C23H29FN2O3. The maximum absolute atomic E-state index is 13.8. The van der Waals surface area contributed by atoms with Crippen molar-refractivity contribution in [2.24, 2.45) is 5.92 Å². The Labute approximate surface area is 171 Å². The number of para-hydroxylation sites is 1. The molecule has 0 radical (unpaired) electrons. The van der Waals surface area contributed by atoms with Crippen LogP contribution in [0.2, 0.25) is 0 Å². The molecule has 0 aliphatic carbocycles. The summed E-state index contributed by atoms with van der Waals surface area (Å²) in [6.07, 6.45) is 0. The molecule has 29 heavy (non-hydrogen) atoms. The molecule has 0 saturated carbocycles. The minimum atomic E-state index is -0.690. The van der Waals surface area contributed by atoms with Crippen LogP contribution in [0.1, 0.15) is 31.9 Å². The van der Waals surface area contributed by atoms with Gasteiger partial charge in [0.2, 0.25) is 5.91 Å². The summed E-state index contributed by atoms with van der Waals surface area (Å²) < 4.78 is 19.2. The van der Waals surface area contributed by atoms with E-state index < -0.39 is 11.9 Å². The molecule has 0 aliphatic heterocycles. The molecule has 2 aromatic rings. The van der Waals surface area contributed by atoms with Crippen LogP contribution in [0.25, 0.3) is 0 Å². The second kappa shape index (κ2) is 10.6. The quantitative estimate of drug-likeness (QED) is 0.698. The Morgan fingerprint density at radius 2 is 1.72 bits per heavy atom. The van der Waals surface area contributed by atoms with Crippen molar-refractivity contribution in [3.8, 4) is 5.75 Å². The van der Waals surface area contributed by atoms with Crippen molar-refractivity contribution >= 4 is 11.8 Å². The van der Waals surface area contributed by atoms with Crippen LogP contribution in [0, 0.1) is 18.7 Å². The Hall–Kier alpha value is -2.89. The van der Waals surface area contributed by atoms with Crippen LogP contribution >= 0.6 is 0 Å². The fourth-order valence-electron chi connectivity index (χ4n) is 2.79. The van der Waals surface area contributed by atoms with E-state index in [1.54, 1.807) is 19.1 Å². The van der Waals surface area contributed by atoms with Gasteiger partial charge in [0.05, 0.1) is 0 Å². The second-order valence-electron chi connectivity index (χ2n) is 7.48. The van der Waals surface area contributed by atoms with Crippen molar-refractivity contribution < 1.29 is 18.7 Å². The molecule has 2 rings (SSSR count). The zero-order valence-electron chi connectivity index (χ0n) is 17.4. The van der Waals surface area contributed by atoms with Crippen LogP contribution in [0.15, 0.2) is 48.5 Å². The lowest BCUT2D eigenvalue weighted by molar-refractivity contribution is -0.142. The molecule has 1 N–H and O–H groups in total. The Balaban J connectivity index is 2.16. The van der Waals surface area contributed by atoms with Gasteiger partial charge in [0.1, 0.15) is 6.04 Å². The van der Waals surface area contributed by atoms with E-state index in [1.807, 2.05) is 45.0 Å². The fourth-order valence-corrected chi connectivity index (χ4v) is 2.79. The molecule has 1 atom stereocenters. The number of rotatable bonds is 9. The molecule has 0 fully saturated rings. The first-order valence-electron chi connectivity index (χ1n) is 9.78. The fraction of sp³-hybridized carbons (Fsp3) is 0.391. The minimum Gasteiger partial charge on any atom is -0.481 e. The molecule has 0 aromatic heterocycles. The third-order valence-corrected chi connectivity index (χ3v) is 4.64. The highest BCUT2D eigenvalue weighted by molar-refractivity contribution is 5.88. The average molecular weight is 400 g/mol. The van der Waals surface area contributed by atoms with Gasteiger partial charge in [-0.15, -0.1) is 0 Å². The average Bonchev–Trinajstić information content (AvgIpc) is 2.70. The number of hydrogen-bond donors (Lipinski definition) is 1. The van der Waals surface area contributed by atoms with E-state index in [9.17, 15) is 14.0 Å². The lowest BCUT2D eigenvalue weighted by atomic mass is 10.1. The van der Waals surface area contributed by atoms with Crippen molar-refractivity contribution in [3.05, 3.63) is 65.5 Å². The molecule has 6 heteroatoms. The van der Waals surface area contributed by atoms with Gasteiger partial charge in [0, 0.05) is 13.1 Å². The van der Waals surface area contributed by atoms with Crippen molar-refractivity contribution in [3.63, 3.8) is 0 Å². The summed E-state index contributed by atoms with van der Waals surface area (Å²) in [5.74, 6) is -0.839. The molecule has 2 aromatic carbocycles. The largest absolute Gasteiger partial charge is 0.481 e. The predicted molar refractivity (Wildman–Crippen MR) is 111 cm³/mol. The van der Waals surface area contributed by atoms with Gasteiger partial charge < -0.3 is 15.0 Å². The van der Waals surface area contributed by atoms with Crippen LogP contribution < -0.4 is 10.1 Å². The van der Waals surface area contributed by atoms with E-state index in [-0.39, 0.29) is 30.7 Å². The van der Waals surface area contributed by atoms with Crippen molar-refractivity contribution in [2.45, 2.75) is 40.3 Å². The number of aryl methyl sites for hydroxylation is 1. The number of carbonyl (C=O) groups excluding carboxylic acids is 2. The summed E-state index contributed by atoms with van der Waals surface area (Å²) in [6.45, 7) is 8.09. The van der Waals surface area contributed by atoms with Gasteiger partial charge in [-0.25, -0.2) is 4.39 Å². The SMILES string of the molecule is Cc1ccccc1CN(C(=O)COc1ccccc1F)C(C)C(=O)NCC(C)C. The molecular weight excluding hydrogens is 371 g/mol. The highest BCUT2D eigenvalue weighted by atomic mass is 19.1. The molecule has 0 heterocycles. The topological polar surface area (TPSA) is 58.6 Å². The van der Waals surface area contributed by atoms with E-state index in [4.69, 9.17) is 4.74 Å². The van der Waals surface area contributed by atoms with Crippen LogP contribution in [0.5, 0.6) is 5.75 Å². The maximum Gasteiger partial charge on any atom is 0.261 e. The molecule has 5 nitrogen and oxygen atoms in total.